The fraction of sp³-hybridized carbons (Fsp3) is 0.400. The number of rotatable bonds is 6. The van der Waals surface area contributed by atoms with Crippen molar-refractivity contribution in [2.75, 3.05) is 49.8 Å². The molecule has 2 aromatic heterocycles. The second-order valence-electron chi connectivity index (χ2n) is 8.76. The van der Waals surface area contributed by atoms with Gasteiger partial charge in [0, 0.05) is 11.8 Å². The second kappa shape index (κ2) is 9.90. The molecule has 190 valence electrons. The first-order chi connectivity index (χ1) is 17.3. The standard InChI is InChI=1S/C25H26F3N5O3/c1-14(17-4-3-5-18(21(17)26)23(27)28)29-24-19-12-33(32-7-10-35-11-8-32)25(34)20(16-6-9-36-13-16)22(19)30-15(2)31-24/h3-6,12,14,23H,7-11,13H2,1-2H3,(H,29,30,31)/t14-/m1/s1. The van der Waals surface area contributed by atoms with Crippen molar-refractivity contribution >= 4 is 22.3 Å². The van der Waals surface area contributed by atoms with E-state index in [1.165, 1.54) is 12.1 Å². The number of anilines is 1. The number of nitrogens with one attached hydrogen (secondary N) is 1. The van der Waals surface area contributed by atoms with Gasteiger partial charge in [-0.1, -0.05) is 24.3 Å². The van der Waals surface area contributed by atoms with E-state index >= 15 is 0 Å². The van der Waals surface area contributed by atoms with E-state index < -0.39 is 23.8 Å². The SMILES string of the molecule is Cc1nc(N[C@H](C)c2cccc(C(F)F)c2F)c2cn(N3CCOCC3)c(=O)c(C3=CCOC3)c2n1. The van der Waals surface area contributed by atoms with Crippen LogP contribution in [-0.2, 0) is 9.47 Å². The number of alkyl halides is 2. The lowest BCUT2D eigenvalue weighted by atomic mass is 10.0. The van der Waals surface area contributed by atoms with Crippen LogP contribution in [0, 0.1) is 12.7 Å². The summed E-state index contributed by atoms with van der Waals surface area (Å²) in [6.07, 6.45) is 0.605. The summed E-state index contributed by atoms with van der Waals surface area (Å²) in [5.41, 5.74) is 0.815. The third-order valence-corrected chi connectivity index (χ3v) is 6.40. The van der Waals surface area contributed by atoms with Gasteiger partial charge >= 0.3 is 0 Å². The van der Waals surface area contributed by atoms with Crippen molar-refractivity contribution in [3.8, 4) is 0 Å². The number of benzene rings is 1. The Labute approximate surface area is 205 Å². The van der Waals surface area contributed by atoms with Crippen molar-refractivity contribution in [3.05, 3.63) is 69.2 Å². The Morgan fingerprint density at radius 3 is 2.56 bits per heavy atom. The molecular weight excluding hydrogens is 475 g/mol. The highest BCUT2D eigenvalue weighted by molar-refractivity contribution is 5.96. The molecule has 11 heteroatoms. The van der Waals surface area contributed by atoms with Crippen LogP contribution in [0.3, 0.4) is 0 Å². The van der Waals surface area contributed by atoms with E-state index in [9.17, 15) is 18.0 Å². The molecule has 0 saturated carbocycles. The molecule has 1 aromatic carbocycles. The van der Waals surface area contributed by atoms with Crippen LogP contribution in [0.2, 0.25) is 0 Å². The number of nitrogens with zero attached hydrogens (tertiary/aromatic N) is 4. The molecule has 2 aliphatic heterocycles. The summed E-state index contributed by atoms with van der Waals surface area (Å²) < 4.78 is 53.9. The molecule has 4 heterocycles. The van der Waals surface area contributed by atoms with E-state index in [2.05, 4.69) is 15.3 Å². The predicted molar refractivity (Wildman–Crippen MR) is 129 cm³/mol. The number of pyridine rings is 1. The van der Waals surface area contributed by atoms with Gasteiger partial charge in [0.25, 0.3) is 12.0 Å². The normalized spacial score (nSPS) is 17.1. The average Bonchev–Trinajstić information content (AvgIpc) is 3.38. The minimum atomic E-state index is -2.92. The molecule has 2 aliphatic rings. The first-order valence-corrected chi connectivity index (χ1v) is 11.7. The zero-order chi connectivity index (χ0) is 25.4. The van der Waals surface area contributed by atoms with Gasteiger partial charge in [-0.25, -0.2) is 27.8 Å². The average molecular weight is 502 g/mol. The predicted octanol–water partition coefficient (Wildman–Crippen LogP) is 3.73. The maximum absolute atomic E-state index is 14.9. The van der Waals surface area contributed by atoms with Crippen molar-refractivity contribution in [3.63, 3.8) is 0 Å². The molecule has 0 amide bonds. The Bertz CT molecular complexity index is 1390. The van der Waals surface area contributed by atoms with Gasteiger partial charge in [0.1, 0.15) is 17.5 Å². The molecule has 1 N–H and O–H groups in total. The van der Waals surface area contributed by atoms with E-state index in [4.69, 9.17) is 9.47 Å². The highest BCUT2D eigenvalue weighted by atomic mass is 19.3. The van der Waals surface area contributed by atoms with Crippen LogP contribution in [0.4, 0.5) is 19.0 Å². The maximum atomic E-state index is 14.9. The topological polar surface area (TPSA) is 81.5 Å². The summed E-state index contributed by atoms with van der Waals surface area (Å²) in [4.78, 5) is 22.8. The van der Waals surface area contributed by atoms with Crippen LogP contribution >= 0.6 is 0 Å². The van der Waals surface area contributed by atoms with E-state index in [-0.39, 0.29) is 17.7 Å². The summed E-state index contributed by atoms with van der Waals surface area (Å²) in [7, 11) is 0. The van der Waals surface area contributed by atoms with E-state index in [1.807, 2.05) is 11.1 Å². The molecule has 5 rings (SSSR count). The molecule has 0 unspecified atom stereocenters. The number of fused-ring (bicyclic) bond motifs is 1. The molecule has 36 heavy (non-hydrogen) atoms. The monoisotopic (exact) mass is 501 g/mol. The van der Waals surface area contributed by atoms with Crippen molar-refractivity contribution < 1.29 is 22.6 Å². The van der Waals surface area contributed by atoms with Gasteiger partial charge in [0.2, 0.25) is 0 Å². The number of halogens is 3. The van der Waals surface area contributed by atoms with Crippen molar-refractivity contribution in [2.24, 2.45) is 0 Å². The lowest BCUT2D eigenvalue weighted by Gasteiger charge is -2.31. The zero-order valence-electron chi connectivity index (χ0n) is 19.9. The summed E-state index contributed by atoms with van der Waals surface area (Å²) in [5, 5.41) is 5.61. The Kier molecular flexibility index (Phi) is 6.67. The minimum Gasteiger partial charge on any atom is -0.378 e. The number of aryl methyl sites for hydroxylation is 1. The number of aromatic nitrogens is 3. The Morgan fingerprint density at radius 2 is 1.86 bits per heavy atom. The van der Waals surface area contributed by atoms with Gasteiger partial charge < -0.3 is 19.8 Å². The molecule has 0 aliphatic carbocycles. The van der Waals surface area contributed by atoms with Crippen LogP contribution in [0.1, 0.15) is 41.9 Å². The molecule has 0 bridgehead atoms. The van der Waals surface area contributed by atoms with E-state index in [0.717, 1.165) is 11.6 Å². The zero-order valence-corrected chi connectivity index (χ0v) is 19.9. The van der Waals surface area contributed by atoms with Gasteiger partial charge in [-0.2, -0.15) is 0 Å². The maximum Gasteiger partial charge on any atom is 0.278 e. The lowest BCUT2D eigenvalue weighted by Crippen LogP contribution is -2.49. The van der Waals surface area contributed by atoms with Gasteiger partial charge in [-0.05, 0) is 19.4 Å². The highest BCUT2D eigenvalue weighted by Crippen LogP contribution is 2.32. The fourth-order valence-electron chi connectivity index (χ4n) is 4.59. The molecular formula is C25H26F3N5O3. The molecule has 1 saturated heterocycles. The summed E-state index contributed by atoms with van der Waals surface area (Å²) in [6, 6.07) is 3.25. The van der Waals surface area contributed by atoms with Gasteiger partial charge in [0.15, 0.2) is 0 Å². The number of hydrogen-bond donors (Lipinski definition) is 1. The van der Waals surface area contributed by atoms with Crippen LogP contribution in [0.5, 0.6) is 0 Å². The van der Waals surface area contributed by atoms with Gasteiger partial charge in [0.05, 0.1) is 67.6 Å². The fourth-order valence-corrected chi connectivity index (χ4v) is 4.59. The lowest BCUT2D eigenvalue weighted by molar-refractivity contribution is 0.110. The van der Waals surface area contributed by atoms with E-state index in [0.29, 0.717) is 61.0 Å². The molecule has 1 atom stereocenters. The summed E-state index contributed by atoms with van der Waals surface area (Å²) in [5.74, 6) is -0.181. The Morgan fingerprint density at radius 1 is 1.11 bits per heavy atom. The third-order valence-electron chi connectivity index (χ3n) is 6.40. The molecule has 3 aromatic rings. The van der Waals surface area contributed by atoms with Crippen molar-refractivity contribution in [1.29, 1.82) is 0 Å². The first-order valence-electron chi connectivity index (χ1n) is 11.7. The van der Waals surface area contributed by atoms with Gasteiger partial charge in [-0.15, -0.1) is 0 Å². The van der Waals surface area contributed by atoms with Crippen LogP contribution < -0.4 is 15.9 Å². The number of ether oxygens (including phenoxy) is 2. The summed E-state index contributed by atoms with van der Waals surface area (Å²) >= 11 is 0. The van der Waals surface area contributed by atoms with Crippen LogP contribution in [-0.4, -0.2) is 54.2 Å². The number of hydrogen-bond acceptors (Lipinski definition) is 7. The first kappa shape index (κ1) is 24.3. The van der Waals surface area contributed by atoms with Crippen LogP contribution in [0.25, 0.3) is 16.5 Å². The van der Waals surface area contributed by atoms with Gasteiger partial charge in [-0.3, -0.25) is 4.79 Å². The Hall–Kier alpha value is -3.44. The largest absolute Gasteiger partial charge is 0.378 e. The molecule has 1 fully saturated rings. The quantitative estimate of drug-likeness (QED) is 0.551. The van der Waals surface area contributed by atoms with Crippen molar-refractivity contribution in [1.82, 2.24) is 14.6 Å². The molecule has 8 nitrogen and oxygen atoms in total. The number of morpholine rings is 1. The Balaban J connectivity index is 1.66. The summed E-state index contributed by atoms with van der Waals surface area (Å²) in [6.45, 7) is 6.07. The third kappa shape index (κ3) is 4.44. The molecule has 0 radical (unpaired) electrons. The second-order valence-corrected chi connectivity index (χ2v) is 8.76. The smallest absolute Gasteiger partial charge is 0.278 e. The highest BCUT2D eigenvalue weighted by Gasteiger charge is 2.25. The van der Waals surface area contributed by atoms with Crippen LogP contribution in [0.15, 0.2) is 35.3 Å². The molecule has 0 spiro atoms. The van der Waals surface area contributed by atoms with Crippen molar-refractivity contribution in [2.45, 2.75) is 26.3 Å². The minimum absolute atomic E-state index is 0.0887. The van der Waals surface area contributed by atoms with E-state index in [1.54, 1.807) is 24.7 Å².